The summed E-state index contributed by atoms with van der Waals surface area (Å²) in [7, 11) is 0. The molecule has 0 bridgehead atoms. The Morgan fingerprint density at radius 2 is 1.70 bits per heavy atom. The number of aromatic amines is 1. The van der Waals surface area contributed by atoms with Crippen LogP contribution in [0.3, 0.4) is 0 Å². The number of aromatic nitrogens is 2. The van der Waals surface area contributed by atoms with Crippen molar-refractivity contribution in [2.75, 3.05) is 32.1 Å². The zero-order valence-corrected chi connectivity index (χ0v) is 19.6. The molecular weight excluding hydrogens is 447 g/mol. The number of carbonyl (C=O) groups is 2. The average molecular weight is 475 g/mol. The summed E-state index contributed by atoms with van der Waals surface area (Å²) in [4.78, 5) is 39.8. The minimum absolute atomic E-state index is 0.0107. The molecule has 1 fully saturated rings. The SMILES string of the molecule is CC.O=C(CCl)N1CCN(C(=O)c2cc(Cc3n[nH]c(=O)c4c3=CCCC=4)ccc2F)CC1. The van der Waals surface area contributed by atoms with E-state index >= 15 is 0 Å². The number of alkyl halides is 1. The van der Waals surface area contributed by atoms with E-state index in [0.717, 1.165) is 23.6 Å². The molecule has 1 aliphatic carbocycles. The summed E-state index contributed by atoms with van der Waals surface area (Å²) in [6, 6.07) is 4.44. The Balaban J connectivity index is 0.00000149. The van der Waals surface area contributed by atoms with E-state index in [0.29, 0.717) is 43.5 Å². The second-order valence-corrected chi connectivity index (χ2v) is 7.88. The number of nitrogens with zero attached hydrogens (tertiary/aromatic N) is 3. The Morgan fingerprint density at radius 1 is 1.06 bits per heavy atom. The van der Waals surface area contributed by atoms with E-state index in [1.54, 1.807) is 21.9 Å². The predicted octanol–water partition coefficient (Wildman–Crippen LogP) is 1.40. The molecule has 0 unspecified atom stereocenters. The lowest BCUT2D eigenvalue weighted by Gasteiger charge is -2.34. The number of hydrogen-bond acceptors (Lipinski definition) is 4. The van der Waals surface area contributed by atoms with Gasteiger partial charge in [-0.3, -0.25) is 14.4 Å². The molecule has 9 heteroatoms. The van der Waals surface area contributed by atoms with Crippen LogP contribution in [0.1, 0.15) is 48.3 Å². The molecule has 0 spiro atoms. The number of fused-ring (bicyclic) bond motifs is 1. The lowest BCUT2D eigenvalue weighted by molar-refractivity contribution is -0.129. The van der Waals surface area contributed by atoms with Gasteiger partial charge in [-0.25, -0.2) is 9.49 Å². The zero-order chi connectivity index (χ0) is 24.0. The summed E-state index contributed by atoms with van der Waals surface area (Å²) in [6.07, 6.45) is 5.88. The summed E-state index contributed by atoms with van der Waals surface area (Å²) in [5.74, 6) is -1.27. The van der Waals surface area contributed by atoms with Gasteiger partial charge >= 0.3 is 0 Å². The van der Waals surface area contributed by atoms with Gasteiger partial charge in [-0.05, 0) is 30.5 Å². The second-order valence-electron chi connectivity index (χ2n) is 7.61. The smallest absolute Gasteiger partial charge is 0.271 e. The Labute approximate surface area is 196 Å². The fourth-order valence-corrected chi connectivity index (χ4v) is 4.16. The van der Waals surface area contributed by atoms with Gasteiger partial charge in [0.25, 0.3) is 11.5 Å². The molecule has 1 aromatic carbocycles. The van der Waals surface area contributed by atoms with Gasteiger partial charge in [0.15, 0.2) is 0 Å². The highest BCUT2D eigenvalue weighted by molar-refractivity contribution is 6.27. The molecule has 0 saturated carbocycles. The lowest BCUT2D eigenvalue weighted by atomic mass is 10.0. The Kier molecular flexibility index (Phi) is 8.38. The van der Waals surface area contributed by atoms with Crippen molar-refractivity contribution in [2.24, 2.45) is 0 Å². The van der Waals surface area contributed by atoms with Crippen LogP contribution in [0.25, 0.3) is 12.2 Å². The summed E-state index contributed by atoms with van der Waals surface area (Å²) in [5, 5.41) is 8.11. The zero-order valence-electron chi connectivity index (χ0n) is 18.9. The molecule has 33 heavy (non-hydrogen) atoms. The molecule has 1 saturated heterocycles. The minimum atomic E-state index is -0.593. The third-order valence-electron chi connectivity index (χ3n) is 5.67. The fraction of sp³-hybridized carbons (Fsp3) is 0.417. The van der Waals surface area contributed by atoms with E-state index in [1.165, 1.54) is 6.07 Å². The number of piperazine rings is 1. The fourth-order valence-electron chi connectivity index (χ4n) is 3.99. The number of rotatable bonds is 4. The number of nitrogens with one attached hydrogen (secondary N) is 1. The molecule has 2 amide bonds. The Morgan fingerprint density at radius 3 is 2.36 bits per heavy atom. The maximum atomic E-state index is 14.5. The summed E-state index contributed by atoms with van der Waals surface area (Å²) in [5.41, 5.74) is 1.17. The van der Waals surface area contributed by atoms with Gasteiger partial charge < -0.3 is 9.80 Å². The summed E-state index contributed by atoms with van der Waals surface area (Å²) < 4.78 is 14.5. The normalized spacial score (nSPS) is 14.9. The molecule has 4 rings (SSSR count). The number of H-pyrrole nitrogens is 1. The lowest BCUT2D eigenvalue weighted by Crippen LogP contribution is -2.51. The third-order valence-corrected chi connectivity index (χ3v) is 5.90. The average Bonchev–Trinajstić information content (AvgIpc) is 2.87. The number of carbonyl (C=O) groups excluding carboxylic acids is 2. The first-order chi connectivity index (χ1) is 16.0. The quantitative estimate of drug-likeness (QED) is 0.679. The number of halogens is 2. The van der Waals surface area contributed by atoms with E-state index in [1.807, 2.05) is 26.0 Å². The minimum Gasteiger partial charge on any atom is -0.338 e. The molecular formula is C24H28ClFN4O3. The van der Waals surface area contributed by atoms with Crippen LogP contribution >= 0.6 is 11.6 Å². The van der Waals surface area contributed by atoms with Crippen LogP contribution in [-0.2, 0) is 11.2 Å². The van der Waals surface area contributed by atoms with Gasteiger partial charge in [-0.1, -0.05) is 32.1 Å². The van der Waals surface area contributed by atoms with Crippen molar-refractivity contribution in [2.45, 2.75) is 33.1 Å². The molecule has 0 radical (unpaired) electrons. The molecule has 1 aromatic heterocycles. The molecule has 176 valence electrons. The van der Waals surface area contributed by atoms with Crippen molar-refractivity contribution in [1.29, 1.82) is 0 Å². The maximum Gasteiger partial charge on any atom is 0.271 e. The van der Waals surface area contributed by atoms with Crippen molar-refractivity contribution in [3.05, 3.63) is 61.6 Å². The van der Waals surface area contributed by atoms with Gasteiger partial charge in [0.2, 0.25) is 5.91 Å². The highest BCUT2D eigenvalue weighted by Crippen LogP contribution is 2.16. The van der Waals surface area contributed by atoms with Gasteiger partial charge in [0.05, 0.1) is 11.3 Å². The van der Waals surface area contributed by atoms with Crippen LogP contribution in [-0.4, -0.2) is 63.9 Å². The first kappa shape index (κ1) is 24.6. The third kappa shape index (κ3) is 5.50. The Hall–Kier alpha value is -3.00. The van der Waals surface area contributed by atoms with E-state index in [9.17, 15) is 18.8 Å². The molecule has 7 nitrogen and oxygen atoms in total. The highest BCUT2D eigenvalue weighted by Gasteiger charge is 2.26. The Bertz CT molecular complexity index is 1200. The van der Waals surface area contributed by atoms with Gasteiger partial charge in [-0.15, -0.1) is 11.6 Å². The molecule has 0 atom stereocenters. The monoisotopic (exact) mass is 474 g/mol. The number of amides is 2. The molecule has 2 heterocycles. The van der Waals surface area contributed by atoms with Crippen molar-refractivity contribution in [3.63, 3.8) is 0 Å². The predicted molar refractivity (Wildman–Crippen MR) is 126 cm³/mol. The van der Waals surface area contributed by atoms with Crippen LogP contribution in [0.15, 0.2) is 23.0 Å². The van der Waals surface area contributed by atoms with E-state index in [-0.39, 0.29) is 22.9 Å². The van der Waals surface area contributed by atoms with Crippen LogP contribution in [0.4, 0.5) is 4.39 Å². The van der Waals surface area contributed by atoms with Crippen molar-refractivity contribution < 1.29 is 14.0 Å². The summed E-state index contributed by atoms with van der Waals surface area (Å²) >= 11 is 5.59. The maximum absolute atomic E-state index is 14.5. The second kappa shape index (κ2) is 11.2. The molecule has 2 aromatic rings. The van der Waals surface area contributed by atoms with Gasteiger partial charge in [0, 0.05) is 43.0 Å². The van der Waals surface area contributed by atoms with Crippen LogP contribution in [0.5, 0.6) is 0 Å². The van der Waals surface area contributed by atoms with Crippen molar-refractivity contribution in [1.82, 2.24) is 20.0 Å². The van der Waals surface area contributed by atoms with Gasteiger partial charge in [-0.2, -0.15) is 5.10 Å². The number of benzene rings is 1. The van der Waals surface area contributed by atoms with Crippen LogP contribution in [0.2, 0.25) is 0 Å². The molecule has 1 aliphatic heterocycles. The van der Waals surface area contributed by atoms with Crippen LogP contribution in [0, 0.1) is 5.82 Å². The van der Waals surface area contributed by atoms with E-state index in [2.05, 4.69) is 10.2 Å². The van der Waals surface area contributed by atoms with Crippen molar-refractivity contribution >= 4 is 35.6 Å². The van der Waals surface area contributed by atoms with Gasteiger partial charge in [0.1, 0.15) is 11.7 Å². The van der Waals surface area contributed by atoms with Crippen molar-refractivity contribution in [3.8, 4) is 0 Å². The summed E-state index contributed by atoms with van der Waals surface area (Å²) in [6.45, 7) is 5.40. The topological polar surface area (TPSA) is 86.4 Å². The molecule has 1 N–H and O–H groups in total. The highest BCUT2D eigenvalue weighted by atomic mass is 35.5. The largest absolute Gasteiger partial charge is 0.338 e. The van der Waals surface area contributed by atoms with E-state index < -0.39 is 11.7 Å². The molecule has 2 aliphatic rings. The van der Waals surface area contributed by atoms with E-state index in [4.69, 9.17) is 11.6 Å². The first-order valence-corrected chi connectivity index (χ1v) is 11.7. The first-order valence-electron chi connectivity index (χ1n) is 11.2. The standard InChI is InChI=1S/C22H22ClFN4O3.C2H6/c23-13-20(29)27-7-9-28(10-8-27)22(31)17-11-14(5-6-18(17)24)12-19-15-3-1-2-4-16(15)21(30)26-25-19;1-2/h3-6,11H,1-2,7-10,12-13H2,(H,26,30);1-2H3. The number of hydrogen-bond donors (Lipinski definition) is 1. The van der Waals surface area contributed by atoms with Crippen LogP contribution < -0.4 is 16.0 Å².